The van der Waals surface area contributed by atoms with Gasteiger partial charge >= 0.3 is 145 Å². The van der Waals surface area contributed by atoms with Gasteiger partial charge in [0.2, 0.25) is 0 Å². The first-order valence-corrected chi connectivity index (χ1v) is 5.94. The maximum absolute atomic E-state index is 14.0. The summed E-state index contributed by atoms with van der Waals surface area (Å²) in [4.78, 5) is 20.3. The molecule has 0 aromatic heterocycles. The van der Waals surface area contributed by atoms with Gasteiger partial charge < -0.3 is 19.8 Å². The molecule has 0 fully saturated rings. The number of carbonyl (C=O) groups is 2. The predicted molar refractivity (Wildman–Crippen MR) is 47.9 cm³/mol. The Morgan fingerprint density at radius 3 is 0.938 bits per heavy atom. The summed E-state index contributed by atoms with van der Waals surface area (Å²) < 4.78 is 182. The van der Waals surface area contributed by atoms with Crippen LogP contribution in [0.5, 0.6) is 0 Å². The van der Waals surface area contributed by atoms with Crippen molar-refractivity contribution in [2.45, 2.75) is 42.6 Å². The maximum Gasteiger partial charge on any atom is 1.00 e. The van der Waals surface area contributed by atoms with Gasteiger partial charge in [-0.25, -0.2) is 4.74 Å². The van der Waals surface area contributed by atoms with E-state index in [0.29, 0.717) is 0 Å². The number of hydrogen-bond acceptors (Lipinski definition) is 7. The summed E-state index contributed by atoms with van der Waals surface area (Å²) in [5, 5.41) is 20.3. The van der Waals surface area contributed by atoms with E-state index in [4.69, 9.17) is 0 Å². The van der Waals surface area contributed by atoms with Crippen LogP contribution in [0, 0.1) is 0 Å². The third-order valence-electron chi connectivity index (χ3n) is 2.39. The van der Waals surface area contributed by atoms with Crippen LogP contribution in [-0.2, 0) is 23.8 Å². The van der Waals surface area contributed by atoms with Crippen LogP contribution in [0.4, 0.5) is 61.5 Å². The van der Waals surface area contributed by atoms with Crippen molar-refractivity contribution in [3.63, 3.8) is 0 Å². The smallest absolute Gasteiger partial charge is 0.544 e. The first-order chi connectivity index (χ1) is 12.8. The molecular weight excluding hydrogens is 564 g/mol. The molecule has 32 heavy (non-hydrogen) atoms. The molecule has 0 spiro atoms. The Kier molecular flexibility index (Phi) is 13.5. The van der Waals surface area contributed by atoms with E-state index in [-0.39, 0.29) is 103 Å². The number of ether oxygens (including phenoxy) is 3. The van der Waals surface area contributed by atoms with Crippen LogP contribution in [0.15, 0.2) is 0 Å². The van der Waals surface area contributed by atoms with Gasteiger partial charge in [-0.2, -0.15) is 48.3 Å². The molecule has 7 nitrogen and oxygen atoms in total. The molecule has 2 atom stereocenters. The zero-order valence-electron chi connectivity index (χ0n) is 14.6. The first kappa shape index (κ1) is 37.7. The zero-order valence-corrected chi connectivity index (χ0v) is 20.9. The largest absolute Gasteiger partial charge is 1.00 e. The second-order valence-electron chi connectivity index (χ2n) is 4.57. The number of hydrogen-bond donors (Lipinski definition) is 0. The van der Waals surface area contributed by atoms with Crippen molar-refractivity contribution >= 4 is 11.9 Å². The fourth-order valence-corrected chi connectivity index (χ4v) is 1.14. The summed E-state index contributed by atoms with van der Waals surface area (Å²) in [6, 6.07) is -7.56. The van der Waals surface area contributed by atoms with Crippen LogP contribution in [0.1, 0.15) is 0 Å². The Balaban J connectivity index is -0.00000420. The van der Waals surface area contributed by atoms with Crippen molar-refractivity contribution in [3.8, 4) is 0 Å². The van der Waals surface area contributed by atoms with E-state index >= 15 is 0 Å². The normalized spacial score (nSPS) is 18.8. The molecule has 0 radical (unpaired) electrons. The Labute approximate surface area is 249 Å². The van der Waals surface area contributed by atoms with E-state index in [1.807, 2.05) is 0 Å². The van der Waals surface area contributed by atoms with Crippen LogP contribution in [-0.4, -0.2) is 54.5 Å². The molecular formula is C9F14K2O7. The van der Waals surface area contributed by atoms with Crippen molar-refractivity contribution in [2.75, 3.05) is 0 Å². The van der Waals surface area contributed by atoms with E-state index in [0.717, 1.165) is 0 Å². The van der Waals surface area contributed by atoms with Crippen molar-refractivity contribution in [3.05, 3.63) is 0 Å². The second kappa shape index (κ2) is 11.4. The molecule has 0 aromatic rings. The topological polar surface area (TPSA) is 108 Å². The number of rotatable bonds is 8. The molecule has 0 saturated carbocycles. The third-order valence-corrected chi connectivity index (χ3v) is 2.39. The van der Waals surface area contributed by atoms with E-state index in [2.05, 4.69) is 0 Å². The average molecular weight is 564 g/mol. The van der Waals surface area contributed by atoms with Gasteiger partial charge in [-0.05, 0) is 0 Å². The number of carbonyl (C=O) groups excluding carboxylic acids is 2. The molecule has 178 valence electrons. The van der Waals surface area contributed by atoms with Gasteiger partial charge in [0.15, 0.2) is 0 Å². The molecule has 0 saturated heterocycles. The van der Waals surface area contributed by atoms with Gasteiger partial charge in [-0.3, -0.25) is 9.47 Å². The Hall–Kier alpha value is 1.11. The van der Waals surface area contributed by atoms with Crippen molar-refractivity contribution in [1.82, 2.24) is 0 Å². The number of halogens is 14. The van der Waals surface area contributed by atoms with Crippen molar-refractivity contribution < 1.29 is 198 Å². The third kappa shape index (κ3) is 8.35. The fourth-order valence-electron chi connectivity index (χ4n) is 1.14. The van der Waals surface area contributed by atoms with Crippen LogP contribution in [0.25, 0.3) is 0 Å². The molecule has 2 unspecified atom stereocenters. The molecule has 0 N–H and O–H groups in total. The molecule has 23 heteroatoms. The summed E-state index contributed by atoms with van der Waals surface area (Å²) in [5.41, 5.74) is 0. The molecule has 0 rings (SSSR count). The van der Waals surface area contributed by atoms with Crippen molar-refractivity contribution in [2.24, 2.45) is 0 Å². The molecule has 0 aromatic carbocycles. The van der Waals surface area contributed by atoms with Gasteiger partial charge in [0, 0.05) is 0 Å². The van der Waals surface area contributed by atoms with Crippen molar-refractivity contribution in [1.29, 1.82) is 0 Å². The number of alkyl halides is 14. The molecule has 0 aliphatic rings. The predicted octanol–water partition coefficient (Wildman–Crippen LogP) is -5.26. The maximum atomic E-state index is 14.0. The Morgan fingerprint density at radius 1 is 0.531 bits per heavy atom. The first-order valence-electron chi connectivity index (χ1n) is 5.94. The Morgan fingerprint density at radius 2 is 0.781 bits per heavy atom. The number of carboxylic acids is 2. The van der Waals surface area contributed by atoms with Crippen LogP contribution < -0.4 is 113 Å². The summed E-state index contributed by atoms with van der Waals surface area (Å²) in [7, 11) is 0. The van der Waals surface area contributed by atoms with Crippen LogP contribution >= 0.6 is 0 Å². The van der Waals surface area contributed by atoms with Crippen LogP contribution in [0.3, 0.4) is 0 Å². The average Bonchev–Trinajstić information content (AvgIpc) is 2.41. The van der Waals surface area contributed by atoms with E-state index in [1.165, 1.54) is 4.74 Å². The van der Waals surface area contributed by atoms with E-state index < -0.39 is 54.5 Å². The quantitative estimate of drug-likeness (QED) is 0.165. The minimum atomic E-state index is -7.56. The van der Waals surface area contributed by atoms with E-state index in [9.17, 15) is 81.3 Å². The van der Waals surface area contributed by atoms with Gasteiger partial charge in [-0.15, -0.1) is 13.2 Å². The van der Waals surface area contributed by atoms with Gasteiger partial charge in [0.25, 0.3) is 0 Å². The minimum absolute atomic E-state index is 0. The standard InChI is InChI=1S/C9H2F14O7.2K/c10-3(1(24)25,5(12,13)14)28-8(20,7(18,19)30-9(21,22)23)29-4(11,2(26)27)6(15,16)17;;/h(H,24,25)(H,26,27);;/q;2*+1/p-2. The van der Waals surface area contributed by atoms with Crippen LogP contribution in [0.2, 0.25) is 0 Å². The molecule has 0 bridgehead atoms. The van der Waals surface area contributed by atoms with E-state index in [1.54, 1.807) is 9.47 Å². The van der Waals surface area contributed by atoms with Gasteiger partial charge in [0.1, 0.15) is 11.9 Å². The number of aliphatic carboxylic acids is 2. The molecule has 0 amide bonds. The molecule has 0 aliphatic heterocycles. The second-order valence-corrected chi connectivity index (χ2v) is 4.57. The number of carboxylic acid groups (broad SMARTS) is 2. The molecule has 0 heterocycles. The summed E-state index contributed by atoms with van der Waals surface area (Å²) >= 11 is 0. The monoisotopic (exact) mass is 564 g/mol. The summed E-state index contributed by atoms with van der Waals surface area (Å²) in [5.74, 6) is -23.2. The zero-order chi connectivity index (χ0) is 24.8. The van der Waals surface area contributed by atoms with Gasteiger partial charge in [-0.1, -0.05) is 0 Å². The fraction of sp³-hybridized carbons (Fsp3) is 0.778. The summed E-state index contributed by atoms with van der Waals surface area (Å²) in [6.45, 7) is 0. The Bertz CT molecular complexity index is 639. The minimum Gasteiger partial charge on any atom is -0.544 e. The van der Waals surface area contributed by atoms with Gasteiger partial charge in [0.05, 0.1) is 0 Å². The molecule has 0 aliphatic carbocycles. The summed E-state index contributed by atoms with van der Waals surface area (Å²) in [6.07, 6.45) is -29.2. The SMILES string of the molecule is O=C([O-])C(F)(OC(F)(OC(F)(C(=O)[O-])C(F)(F)F)C(F)(F)OC(F)(F)F)C(F)(F)F.[K+].[K+].